The molecule has 0 amide bonds. The number of nitrogens with one attached hydrogen (secondary N) is 1. The van der Waals surface area contributed by atoms with E-state index in [1.54, 1.807) is 17.1 Å². The van der Waals surface area contributed by atoms with Crippen LogP contribution in [0.3, 0.4) is 0 Å². The molecule has 0 atom stereocenters. The van der Waals surface area contributed by atoms with Gasteiger partial charge in [0.1, 0.15) is 17.5 Å². The number of nitrogens with zero attached hydrogens (tertiary/aromatic N) is 7. The van der Waals surface area contributed by atoms with Crippen molar-refractivity contribution in [1.29, 1.82) is 5.26 Å². The van der Waals surface area contributed by atoms with Crippen LogP contribution in [-0.4, -0.2) is 68.9 Å². The summed E-state index contributed by atoms with van der Waals surface area (Å²) in [5.74, 6) is 0.257. The van der Waals surface area contributed by atoms with Crippen molar-refractivity contribution in [1.82, 2.24) is 33.3 Å². The molecule has 3 aromatic rings. The number of aromatic nitrogens is 5. The molecule has 1 aliphatic rings. The molecular formula is C16H19N9O2S. The number of H-pyrrole nitrogens is 1. The highest BCUT2D eigenvalue weighted by Gasteiger charge is 2.51. The van der Waals surface area contributed by atoms with Crippen molar-refractivity contribution < 1.29 is 8.42 Å². The van der Waals surface area contributed by atoms with E-state index in [0.717, 1.165) is 9.69 Å². The van der Waals surface area contributed by atoms with Gasteiger partial charge in [0.25, 0.3) is 10.2 Å². The molecule has 4 heterocycles. The fourth-order valence-electron chi connectivity index (χ4n) is 3.39. The summed E-state index contributed by atoms with van der Waals surface area (Å²) < 4.78 is 28.7. The van der Waals surface area contributed by atoms with Crippen LogP contribution in [0.1, 0.15) is 6.42 Å². The number of anilines is 1. The molecule has 4 rings (SSSR count). The van der Waals surface area contributed by atoms with Gasteiger partial charge in [-0.1, -0.05) is 0 Å². The molecule has 1 saturated heterocycles. The van der Waals surface area contributed by atoms with Gasteiger partial charge in [-0.15, -0.1) is 0 Å². The fraction of sp³-hybridized carbons (Fsp3) is 0.375. The number of fused-ring (bicyclic) bond motifs is 1. The Morgan fingerprint density at radius 1 is 1.39 bits per heavy atom. The summed E-state index contributed by atoms with van der Waals surface area (Å²) in [4.78, 5) is 11.5. The molecule has 0 aliphatic carbocycles. The predicted octanol–water partition coefficient (Wildman–Crippen LogP) is 0.135. The SMILES string of the molecule is CN(C)S(=O)(=O)N1CC(CC#N)(n2cc(-c3ncnc4[nH]ccc34)c(N)n2)C1. The summed E-state index contributed by atoms with van der Waals surface area (Å²) in [6.45, 7) is 0.288. The first-order chi connectivity index (χ1) is 13.3. The Hall–Kier alpha value is -3.01. The molecule has 1 aliphatic heterocycles. The highest BCUT2D eigenvalue weighted by molar-refractivity contribution is 7.86. The van der Waals surface area contributed by atoms with Crippen molar-refractivity contribution in [3.63, 3.8) is 0 Å². The van der Waals surface area contributed by atoms with E-state index in [9.17, 15) is 13.7 Å². The summed E-state index contributed by atoms with van der Waals surface area (Å²) in [5.41, 5.74) is 7.29. The number of nitrogen functional groups attached to an aromatic ring is 1. The molecule has 12 heteroatoms. The van der Waals surface area contributed by atoms with Gasteiger partial charge in [-0.2, -0.15) is 27.4 Å². The molecule has 0 spiro atoms. The molecule has 0 aromatic carbocycles. The monoisotopic (exact) mass is 401 g/mol. The molecule has 146 valence electrons. The number of aromatic amines is 1. The largest absolute Gasteiger partial charge is 0.382 e. The lowest BCUT2D eigenvalue weighted by Crippen LogP contribution is -2.65. The number of hydrogen-bond acceptors (Lipinski definition) is 7. The van der Waals surface area contributed by atoms with Gasteiger partial charge in [-0.05, 0) is 6.07 Å². The van der Waals surface area contributed by atoms with E-state index in [-0.39, 0.29) is 25.3 Å². The Bertz CT molecular complexity index is 1180. The lowest BCUT2D eigenvalue weighted by Gasteiger charge is -2.48. The number of nitriles is 1. The Labute approximate surface area is 161 Å². The zero-order valence-electron chi connectivity index (χ0n) is 15.4. The first kappa shape index (κ1) is 18.4. The van der Waals surface area contributed by atoms with Crippen LogP contribution in [0.4, 0.5) is 5.82 Å². The maximum absolute atomic E-state index is 12.3. The zero-order chi connectivity index (χ0) is 20.1. The van der Waals surface area contributed by atoms with Crippen molar-refractivity contribution in [2.24, 2.45) is 0 Å². The van der Waals surface area contributed by atoms with E-state index in [1.165, 1.54) is 24.7 Å². The highest BCUT2D eigenvalue weighted by Crippen LogP contribution is 2.37. The molecule has 28 heavy (non-hydrogen) atoms. The predicted molar refractivity (Wildman–Crippen MR) is 102 cm³/mol. The van der Waals surface area contributed by atoms with Gasteiger partial charge < -0.3 is 10.7 Å². The minimum atomic E-state index is -3.55. The Morgan fingerprint density at radius 3 is 2.82 bits per heavy atom. The first-order valence-electron chi connectivity index (χ1n) is 8.47. The minimum absolute atomic E-state index is 0.107. The summed E-state index contributed by atoms with van der Waals surface area (Å²) in [6, 6.07) is 3.99. The van der Waals surface area contributed by atoms with Crippen LogP contribution in [0.2, 0.25) is 0 Å². The van der Waals surface area contributed by atoms with Crippen LogP contribution < -0.4 is 5.73 Å². The zero-order valence-corrected chi connectivity index (χ0v) is 16.2. The topological polar surface area (TPSA) is 150 Å². The van der Waals surface area contributed by atoms with Crippen molar-refractivity contribution >= 4 is 27.1 Å². The number of hydrogen-bond donors (Lipinski definition) is 2. The van der Waals surface area contributed by atoms with Gasteiger partial charge in [0, 0.05) is 45.0 Å². The highest BCUT2D eigenvalue weighted by atomic mass is 32.2. The van der Waals surface area contributed by atoms with Gasteiger partial charge in [-0.25, -0.2) is 9.97 Å². The van der Waals surface area contributed by atoms with E-state index < -0.39 is 15.7 Å². The van der Waals surface area contributed by atoms with Crippen LogP contribution >= 0.6 is 0 Å². The van der Waals surface area contributed by atoms with Crippen LogP contribution in [0.5, 0.6) is 0 Å². The standard InChI is InChI=1S/C16H19N9O2S/c1-23(2)28(26,27)24-8-16(9-24,4-5-17)25-7-12(14(18)22-25)13-11-3-6-19-15(11)21-10-20-13/h3,6-7,10H,4,8-9H2,1-2H3,(H2,18,22)(H,19,20,21). The molecule has 3 aromatic heterocycles. The molecule has 0 saturated carbocycles. The molecule has 1 fully saturated rings. The van der Waals surface area contributed by atoms with Crippen molar-refractivity contribution in [2.75, 3.05) is 32.9 Å². The van der Waals surface area contributed by atoms with Crippen LogP contribution in [0.15, 0.2) is 24.8 Å². The van der Waals surface area contributed by atoms with Gasteiger partial charge in [0.2, 0.25) is 0 Å². The lowest BCUT2D eigenvalue weighted by molar-refractivity contribution is 0.0678. The normalized spacial score (nSPS) is 16.9. The third-order valence-corrected chi connectivity index (χ3v) is 6.81. The molecule has 0 unspecified atom stereocenters. The van der Waals surface area contributed by atoms with Crippen LogP contribution in [0.25, 0.3) is 22.3 Å². The minimum Gasteiger partial charge on any atom is -0.382 e. The lowest BCUT2D eigenvalue weighted by atomic mass is 9.89. The third kappa shape index (κ3) is 2.63. The smallest absolute Gasteiger partial charge is 0.281 e. The second-order valence-corrected chi connectivity index (χ2v) is 9.09. The molecule has 0 bridgehead atoms. The summed E-state index contributed by atoms with van der Waals surface area (Å²) in [6.07, 6.45) is 5.03. The Morgan fingerprint density at radius 2 is 2.14 bits per heavy atom. The maximum atomic E-state index is 12.3. The van der Waals surface area contributed by atoms with E-state index in [1.807, 2.05) is 6.07 Å². The summed E-state index contributed by atoms with van der Waals surface area (Å²) in [7, 11) is -0.608. The third-order valence-electron chi connectivity index (χ3n) is 4.98. The summed E-state index contributed by atoms with van der Waals surface area (Å²) in [5, 5.41) is 14.5. The number of nitrogens with two attached hydrogens (primary N) is 1. The fourth-order valence-corrected chi connectivity index (χ4v) is 4.66. The van der Waals surface area contributed by atoms with Crippen molar-refractivity contribution in [3.05, 3.63) is 24.8 Å². The Kier molecular flexibility index (Phi) is 4.11. The molecule has 11 nitrogen and oxygen atoms in total. The van der Waals surface area contributed by atoms with Gasteiger partial charge in [-0.3, -0.25) is 4.68 Å². The number of rotatable bonds is 5. The quantitative estimate of drug-likeness (QED) is 0.617. The van der Waals surface area contributed by atoms with Crippen molar-refractivity contribution in [2.45, 2.75) is 12.0 Å². The maximum Gasteiger partial charge on any atom is 0.281 e. The second-order valence-electron chi connectivity index (χ2n) is 6.95. The van der Waals surface area contributed by atoms with E-state index in [4.69, 9.17) is 5.73 Å². The molecular weight excluding hydrogens is 382 g/mol. The van der Waals surface area contributed by atoms with Crippen LogP contribution in [-0.2, 0) is 15.7 Å². The van der Waals surface area contributed by atoms with Gasteiger partial charge in [0.05, 0.1) is 23.7 Å². The van der Waals surface area contributed by atoms with Crippen molar-refractivity contribution in [3.8, 4) is 17.3 Å². The first-order valence-corrected chi connectivity index (χ1v) is 9.87. The summed E-state index contributed by atoms with van der Waals surface area (Å²) >= 11 is 0. The second kappa shape index (κ2) is 6.26. The van der Waals surface area contributed by atoms with Gasteiger partial charge >= 0.3 is 0 Å². The van der Waals surface area contributed by atoms with E-state index in [2.05, 4.69) is 26.1 Å². The van der Waals surface area contributed by atoms with E-state index in [0.29, 0.717) is 16.9 Å². The van der Waals surface area contributed by atoms with Crippen LogP contribution in [0, 0.1) is 11.3 Å². The molecule has 3 N–H and O–H groups in total. The van der Waals surface area contributed by atoms with Gasteiger partial charge in [0.15, 0.2) is 5.82 Å². The van der Waals surface area contributed by atoms with E-state index >= 15 is 0 Å². The molecule has 0 radical (unpaired) electrons. The average molecular weight is 401 g/mol. The average Bonchev–Trinajstić information content (AvgIpc) is 3.23. The Balaban J connectivity index is 1.73.